The summed E-state index contributed by atoms with van der Waals surface area (Å²) in [6, 6.07) is 18.4. The lowest BCUT2D eigenvalue weighted by molar-refractivity contribution is -0.132. The molecule has 0 radical (unpaired) electrons. The van der Waals surface area contributed by atoms with E-state index in [-0.39, 0.29) is 11.3 Å². The zero-order valence-corrected chi connectivity index (χ0v) is 21.7. The van der Waals surface area contributed by atoms with Crippen LogP contribution in [0.15, 0.2) is 66.2 Å². The van der Waals surface area contributed by atoms with Crippen LogP contribution in [0, 0.1) is 20.8 Å². The van der Waals surface area contributed by atoms with Gasteiger partial charge in [-0.3, -0.25) is 14.5 Å². The van der Waals surface area contributed by atoms with Gasteiger partial charge in [0.2, 0.25) is 0 Å². The second-order valence-electron chi connectivity index (χ2n) is 9.93. The van der Waals surface area contributed by atoms with Crippen molar-refractivity contribution in [2.24, 2.45) is 0 Å². The lowest BCUT2D eigenvalue weighted by Gasteiger charge is -2.27. The molecule has 1 N–H and O–H groups in total. The van der Waals surface area contributed by atoms with Crippen LogP contribution in [0.4, 0.5) is 11.4 Å². The van der Waals surface area contributed by atoms with E-state index in [0.717, 1.165) is 41.0 Å². The molecular weight excluding hydrogens is 464 g/mol. The SMILES string of the molecule is COc1cc(C)c(/C(O)=C2\C(=O)C(=O)N(c3ccc(N4CCCC4)cc3)C2c2cccc(C)c2)cc1C. The van der Waals surface area contributed by atoms with Crippen molar-refractivity contribution in [3.63, 3.8) is 0 Å². The summed E-state index contributed by atoms with van der Waals surface area (Å²) in [5.41, 5.74) is 5.69. The molecule has 1 amide bonds. The number of amides is 1. The first-order valence-electron chi connectivity index (χ1n) is 12.7. The molecule has 6 heteroatoms. The molecule has 2 saturated heterocycles. The molecule has 1 atom stereocenters. The molecule has 0 bridgehead atoms. The van der Waals surface area contributed by atoms with E-state index in [2.05, 4.69) is 4.90 Å². The number of aryl methyl sites for hydroxylation is 3. The fourth-order valence-corrected chi connectivity index (χ4v) is 5.46. The Kier molecular flexibility index (Phi) is 6.50. The Labute approximate surface area is 217 Å². The van der Waals surface area contributed by atoms with Gasteiger partial charge >= 0.3 is 0 Å². The van der Waals surface area contributed by atoms with E-state index < -0.39 is 17.7 Å². The Morgan fingerprint density at radius 1 is 0.892 bits per heavy atom. The average Bonchev–Trinajstić information content (AvgIpc) is 3.52. The molecule has 0 spiro atoms. The summed E-state index contributed by atoms with van der Waals surface area (Å²) in [6.45, 7) is 7.75. The van der Waals surface area contributed by atoms with E-state index in [4.69, 9.17) is 4.74 Å². The van der Waals surface area contributed by atoms with E-state index in [9.17, 15) is 14.7 Å². The van der Waals surface area contributed by atoms with Crippen LogP contribution in [0.1, 0.15) is 46.7 Å². The van der Waals surface area contributed by atoms with Crippen molar-refractivity contribution in [3.05, 3.63) is 94.1 Å². The van der Waals surface area contributed by atoms with Gasteiger partial charge in [0.25, 0.3) is 11.7 Å². The molecule has 1 unspecified atom stereocenters. The fraction of sp³-hybridized carbons (Fsp3) is 0.290. The zero-order valence-electron chi connectivity index (χ0n) is 21.7. The van der Waals surface area contributed by atoms with Crippen LogP contribution >= 0.6 is 0 Å². The number of ether oxygens (including phenoxy) is 1. The molecule has 2 aliphatic heterocycles. The molecule has 2 aliphatic rings. The van der Waals surface area contributed by atoms with E-state index in [1.165, 1.54) is 17.7 Å². The predicted molar refractivity (Wildman–Crippen MR) is 146 cm³/mol. The van der Waals surface area contributed by atoms with Gasteiger partial charge in [0, 0.05) is 30.0 Å². The normalized spacial score (nSPS) is 19.1. The van der Waals surface area contributed by atoms with Gasteiger partial charge in [-0.15, -0.1) is 0 Å². The van der Waals surface area contributed by atoms with Crippen LogP contribution in [0.5, 0.6) is 5.75 Å². The van der Waals surface area contributed by atoms with Gasteiger partial charge in [0.05, 0.1) is 18.7 Å². The Morgan fingerprint density at radius 2 is 1.57 bits per heavy atom. The minimum atomic E-state index is -0.751. The highest BCUT2D eigenvalue weighted by molar-refractivity contribution is 6.51. The van der Waals surface area contributed by atoms with Crippen LogP contribution in [-0.2, 0) is 9.59 Å². The van der Waals surface area contributed by atoms with Crippen LogP contribution in [-0.4, -0.2) is 37.0 Å². The largest absolute Gasteiger partial charge is 0.507 e. The number of nitrogens with zero attached hydrogens (tertiary/aromatic N) is 2. The molecule has 3 aromatic carbocycles. The first-order valence-corrected chi connectivity index (χ1v) is 12.7. The lowest BCUT2D eigenvalue weighted by Crippen LogP contribution is -2.29. The van der Waals surface area contributed by atoms with E-state index in [1.807, 2.05) is 75.4 Å². The maximum absolute atomic E-state index is 13.5. The summed E-state index contributed by atoms with van der Waals surface area (Å²) in [7, 11) is 1.60. The smallest absolute Gasteiger partial charge is 0.300 e. The highest BCUT2D eigenvalue weighted by Gasteiger charge is 2.47. The topological polar surface area (TPSA) is 70.1 Å². The van der Waals surface area contributed by atoms with Crippen LogP contribution in [0.2, 0.25) is 0 Å². The third-order valence-corrected chi connectivity index (χ3v) is 7.40. The maximum Gasteiger partial charge on any atom is 0.300 e. The molecule has 0 aromatic heterocycles. The molecule has 2 fully saturated rings. The van der Waals surface area contributed by atoms with Crippen molar-refractivity contribution < 1.29 is 19.4 Å². The average molecular weight is 497 g/mol. The maximum atomic E-state index is 13.5. The molecule has 6 nitrogen and oxygen atoms in total. The predicted octanol–water partition coefficient (Wildman–Crippen LogP) is 5.85. The number of benzene rings is 3. The summed E-state index contributed by atoms with van der Waals surface area (Å²) < 4.78 is 5.42. The molecule has 3 aromatic rings. The van der Waals surface area contributed by atoms with Crippen molar-refractivity contribution in [2.45, 2.75) is 39.7 Å². The monoisotopic (exact) mass is 496 g/mol. The molecule has 0 aliphatic carbocycles. The Bertz CT molecular complexity index is 1400. The Morgan fingerprint density at radius 3 is 2.22 bits per heavy atom. The van der Waals surface area contributed by atoms with Gasteiger partial charge in [0.1, 0.15) is 11.5 Å². The first-order chi connectivity index (χ1) is 17.8. The van der Waals surface area contributed by atoms with Gasteiger partial charge in [-0.05, 0) is 86.7 Å². The number of aliphatic hydroxyl groups excluding tert-OH is 1. The summed E-state index contributed by atoms with van der Waals surface area (Å²) >= 11 is 0. The summed E-state index contributed by atoms with van der Waals surface area (Å²) in [5.74, 6) is -0.822. The number of carbonyl (C=O) groups excluding carboxylic acids is 2. The van der Waals surface area contributed by atoms with Crippen molar-refractivity contribution in [2.75, 3.05) is 30.0 Å². The van der Waals surface area contributed by atoms with E-state index >= 15 is 0 Å². The second-order valence-corrected chi connectivity index (χ2v) is 9.93. The summed E-state index contributed by atoms with van der Waals surface area (Å²) in [6.07, 6.45) is 2.35. The Balaban J connectivity index is 1.66. The number of ketones is 1. The third-order valence-electron chi connectivity index (χ3n) is 7.40. The number of aliphatic hydroxyl groups is 1. The van der Waals surface area contributed by atoms with E-state index in [0.29, 0.717) is 17.0 Å². The highest BCUT2D eigenvalue weighted by atomic mass is 16.5. The lowest BCUT2D eigenvalue weighted by atomic mass is 9.92. The van der Waals surface area contributed by atoms with Crippen LogP contribution in [0.25, 0.3) is 5.76 Å². The number of carbonyl (C=O) groups is 2. The zero-order chi connectivity index (χ0) is 26.3. The third kappa shape index (κ3) is 4.37. The number of hydrogen-bond donors (Lipinski definition) is 1. The van der Waals surface area contributed by atoms with Crippen LogP contribution in [0.3, 0.4) is 0 Å². The molecule has 37 heavy (non-hydrogen) atoms. The van der Waals surface area contributed by atoms with Gasteiger partial charge in [0.15, 0.2) is 0 Å². The molecule has 190 valence electrons. The molecule has 5 rings (SSSR count). The van der Waals surface area contributed by atoms with Gasteiger partial charge in [-0.2, -0.15) is 0 Å². The minimum Gasteiger partial charge on any atom is -0.507 e. The van der Waals surface area contributed by atoms with Crippen molar-refractivity contribution in [3.8, 4) is 5.75 Å². The van der Waals surface area contributed by atoms with Crippen molar-refractivity contribution >= 4 is 28.8 Å². The van der Waals surface area contributed by atoms with Crippen molar-refractivity contribution in [1.29, 1.82) is 0 Å². The number of hydrogen-bond acceptors (Lipinski definition) is 5. The second kappa shape index (κ2) is 9.77. The highest BCUT2D eigenvalue weighted by Crippen LogP contribution is 2.43. The minimum absolute atomic E-state index is 0.0897. The standard InChI is InChI=1S/C31H32N2O4/c1-19-8-7-9-22(16-19)28-27(29(34)25-17-21(3)26(37-4)18-20(25)2)30(35)31(36)33(28)24-12-10-23(11-13-24)32-14-5-6-15-32/h7-13,16-18,28,34H,5-6,14-15H2,1-4H3/b29-27+. The van der Waals surface area contributed by atoms with Gasteiger partial charge in [-0.25, -0.2) is 0 Å². The quantitative estimate of drug-likeness (QED) is 0.273. The number of methoxy groups -OCH3 is 1. The van der Waals surface area contributed by atoms with Gasteiger partial charge in [-0.1, -0.05) is 29.8 Å². The summed E-state index contributed by atoms with van der Waals surface area (Å²) in [4.78, 5) is 30.9. The Hall–Kier alpha value is -4.06. The van der Waals surface area contributed by atoms with E-state index in [1.54, 1.807) is 13.2 Å². The molecule has 0 saturated carbocycles. The number of Topliss-reactive ketones (excluding diaryl/α,β-unsaturated/α-hetero) is 1. The summed E-state index contributed by atoms with van der Waals surface area (Å²) in [5, 5.41) is 11.6. The number of rotatable bonds is 5. The fourth-order valence-electron chi connectivity index (χ4n) is 5.46. The van der Waals surface area contributed by atoms with Crippen LogP contribution < -0.4 is 14.5 Å². The number of anilines is 2. The van der Waals surface area contributed by atoms with Gasteiger partial charge < -0.3 is 14.7 Å². The van der Waals surface area contributed by atoms with Crippen molar-refractivity contribution in [1.82, 2.24) is 0 Å². The molecular formula is C31H32N2O4. The first kappa shape index (κ1) is 24.6. The molecule has 2 heterocycles.